The molecule has 1 aromatic carbocycles. The van der Waals surface area contributed by atoms with Crippen LogP contribution in [0.3, 0.4) is 0 Å². The zero-order valence-electron chi connectivity index (χ0n) is 16.7. The summed E-state index contributed by atoms with van der Waals surface area (Å²) in [4.78, 5) is 27.2. The number of hydrogen-bond acceptors (Lipinski definition) is 4. The molecule has 4 rings (SSSR count). The maximum absolute atomic E-state index is 12.8. The van der Waals surface area contributed by atoms with Crippen LogP contribution in [0.2, 0.25) is 0 Å². The minimum absolute atomic E-state index is 0.0393. The first-order valence-corrected chi connectivity index (χ1v) is 10.6. The number of amides is 2. The van der Waals surface area contributed by atoms with Crippen molar-refractivity contribution in [2.24, 2.45) is 5.92 Å². The summed E-state index contributed by atoms with van der Waals surface area (Å²) in [6.07, 6.45) is 6.64. The molecule has 1 atom stereocenters. The van der Waals surface area contributed by atoms with Crippen molar-refractivity contribution in [1.82, 2.24) is 10.2 Å². The van der Waals surface area contributed by atoms with Gasteiger partial charge in [0.25, 0.3) is 5.91 Å². The number of nitrogens with one attached hydrogen (secondary N) is 2. The van der Waals surface area contributed by atoms with E-state index < -0.39 is 0 Å². The molecule has 0 bridgehead atoms. The van der Waals surface area contributed by atoms with E-state index in [4.69, 9.17) is 4.74 Å². The SMILES string of the molecule is C[C@@H](NC(=O)c1ccc(NC(=O)C2CC2)cc1)C1(N2CCOCC2)CCCC1. The van der Waals surface area contributed by atoms with Crippen LogP contribution in [0.25, 0.3) is 0 Å². The summed E-state index contributed by atoms with van der Waals surface area (Å²) in [7, 11) is 0. The number of nitrogens with zero attached hydrogens (tertiary/aromatic N) is 1. The summed E-state index contributed by atoms with van der Waals surface area (Å²) in [6.45, 7) is 5.57. The van der Waals surface area contributed by atoms with Crippen molar-refractivity contribution in [1.29, 1.82) is 0 Å². The highest BCUT2D eigenvalue weighted by atomic mass is 16.5. The molecule has 6 nitrogen and oxygen atoms in total. The van der Waals surface area contributed by atoms with Gasteiger partial charge < -0.3 is 15.4 Å². The largest absolute Gasteiger partial charge is 0.379 e. The fourth-order valence-corrected chi connectivity index (χ4v) is 4.73. The van der Waals surface area contributed by atoms with Crippen LogP contribution >= 0.6 is 0 Å². The van der Waals surface area contributed by atoms with Crippen molar-refractivity contribution in [3.8, 4) is 0 Å². The molecule has 1 aromatic rings. The molecule has 6 heteroatoms. The van der Waals surface area contributed by atoms with Crippen LogP contribution in [0, 0.1) is 5.92 Å². The predicted octanol–water partition coefficient (Wildman–Crippen LogP) is 2.80. The monoisotopic (exact) mass is 385 g/mol. The first-order valence-electron chi connectivity index (χ1n) is 10.6. The van der Waals surface area contributed by atoms with Crippen LogP contribution < -0.4 is 10.6 Å². The van der Waals surface area contributed by atoms with Crippen LogP contribution in [-0.2, 0) is 9.53 Å². The second kappa shape index (κ2) is 8.21. The molecule has 1 aliphatic heterocycles. The normalized spacial score (nSPS) is 23.2. The summed E-state index contributed by atoms with van der Waals surface area (Å²) >= 11 is 0. The smallest absolute Gasteiger partial charge is 0.251 e. The van der Waals surface area contributed by atoms with Crippen LogP contribution in [-0.4, -0.2) is 54.6 Å². The van der Waals surface area contributed by atoms with Gasteiger partial charge in [-0.25, -0.2) is 0 Å². The lowest BCUT2D eigenvalue weighted by atomic mass is 9.86. The van der Waals surface area contributed by atoms with Gasteiger partial charge in [-0.05, 0) is 56.9 Å². The van der Waals surface area contributed by atoms with E-state index in [1.165, 1.54) is 12.8 Å². The van der Waals surface area contributed by atoms with Gasteiger partial charge in [0, 0.05) is 41.8 Å². The molecule has 2 N–H and O–H groups in total. The lowest BCUT2D eigenvalue weighted by Gasteiger charge is -2.47. The maximum atomic E-state index is 12.8. The molecule has 0 radical (unpaired) electrons. The molecule has 2 saturated carbocycles. The Bertz CT molecular complexity index is 702. The number of anilines is 1. The Balaban J connectivity index is 1.39. The van der Waals surface area contributed by atoms with E-state index in [2.05, 4.69) is 22.5 Å². The maximum Gasteiger partial charge on any atom is 0.251 e. The van der Waals surface area contributed by atoms with E-state index in [0.717, 1.165) is 57.7 Å². The number of carbonyl (C=O) groups excluding carboxylic acids is 2. The highest BCUT2D eigenvalue weighted by molar-refractivity contribution is 5.97. The molecule has 1 saturated heterocycles. The summed E-state index contributed by atoms with van der Waals surface area (Å²) in [5, 5.41) is 6.17. The molecular formula is C22H31N3O3. The zero-order chi connectivity index (χ0) is 19.6. The van der Waals surface area contributed by atoms with Gasteiger partial charge in [0.1, 0.15) is 0 Å². The van der Waals surface area contributed by atoms with Gasteiger partial charge in [0.05, 0.1) is 13.2 Å². The van der Waals surface area contributed by atoms with Crippen LogP contribution in [0.4, 0.5) is 5.69 Å². The number of rotatable bonds is 6. The summed E-state index contributed by atoms with van der Waals surface area (Å²) in [5.74, 6) is 0.207. The van der Waals surface area contributed by atoms with Crippen molar-refractivity contribution in [3.63, 3.8) is 0 Å². The van der Waals surface area contributed by atoms with Crippen molar-refractivity contribution in [2.45, 2.75) is 57.0 Å². The summed E-state index contributed by atoms with van der Waals surface area (Å²) in [5.41, 5.74) is 1.42. The summed E-state index contributed by atoms with van der Waals surface area (Å²) < 4.78 is 5.53. The lowest BCUT2D eigenvalue weighted by molar-refractivity contribution is -0.117. The zero-order valence-corrected chi connectivity index (χ0v) is 16.7. The molecule has 28 heavy (non-hydrogen) atoms. The van der Waals surface area contributed by atoms with Crippen molar-refractivity contribution < 1.29 is 14.3 Å². The minimum atomic E-state index is -0.0490. The van der Waals surface area contributed by atoms with Gasteiger partial charge in [-0.3, -0.25) is 14.5 Å². The highest BCUT2D eigenvalue weighted by Crippen LogP contribution is 2.38. The Morgan fingerprint density at radius 3 is 2.36 bits per heavy atom. The van der Waals surface area contributed by atoms with Crippen molar-refractivity contribution in [2.75, 3.05) is 31.6 Å². The van der Waals surface area contributed by atoms with Crippen molar-refractivity contribution >= 4 is 17.5 Å². The average Bonchev–Trinajstić information content (AvgIpc) is 3.46. The predicted molar refractivity (Wildman–Crippen MR) is 108 cm³/mol. The molecule has 1 heterocycles. The first-order chi connectivity index (χ1) is 13.6. The number of carbonyl (C=O) groups is 2. The Morgan fingerprint density at radius 1 is 1.11 bits per heavy atom. The topological polar surface area (TPSA) is 70.7 Å². The standard InChI is InChI=1S/C22H31N3O3/c1-16(22(10-2-3-11-22)25-12-14-28-15-13-25)23-20(26)18-6-8-19(9-7-18)24-21(27)17-4-5-17/h6-9,16-17H,2-5,10-15H2,1H3,(H,23,26)(H,24,27)/t16-/m1/s1. The lowest BCUT2D eigenvalue weighted by Crippen LogP contribution is -2.62. The van der Waals surface area contributed by atoms with Gasteiger partial charge in [0.2, 0.25) is 5.91 Å². The molecule has 2 aliphatic carbocycles. The molecule has 0 aromatic heterocycles. The van der Waals surface area contributed by atoms with Crippen LogP contribution in [0.5, 0.6) is 0 Å². The van der Waals surface area contributed by atoms with E-state index in [0.29, 0.717) is 5.56 Å². The fraction of sp³-hybridized carbons (Fsp3) is 0.636. The molecule has 152 valence electrons. The number of morpholine rings is 1. The molecule has 3 fully saturated rings. The fourth-order valence-electron chi connectivity index (χ4n) is 4.73. The highest BCUT2D eigenvalue weighted by Gasteiger charge is 2.45. The molecular weight excluding hydrogens is 354 g/mol. The third-order valence-corrected chi connectivity index (χ3v) is 6.63. The second-order valence-corrected chi connectivity index (χ2v) is 8.45. The molecule has 0 unspecified atom stereocenters. The van der Waals surface area contributed by atoms with E-state index in [1.54, 1.807) is 12.1 Å². The van der Waals surface area contributed by atoms with Crippen LogP contribution in [0.15, 0.2) is 24.3 Å². The van der Waals surface area contributed by atoms with Gasteiger partial charge in [-0.15, -0.1) is 0 Å². The van der Waals surface area contributed by atoms with E-state index in [-0.39, 0.29) is 29.3 Å². The third kappa shape index (κ3) is 4.08. The summed E-state index contributed by atoms with van der Waals surface area (Å²) in [6, 6.07) is 7.29. The van der Waals surface area contributed by atoms with Gasteiger partial charge in [0.15, 0.2) is 0 Å². The Hall–Kier alpha value is -1.92. The molecule has 2 amide bonds. The quantitative estimate of drug-likeness (QED) is 0.790. The number of hydrogen-bond donors (Lipinski definition) is 2. The molecule has 0 spiro atoms. The number of ether oxygens (including phenoxy) is 1. The van der Waals surface area contributed by atoms with Gasteiger partial charge >= 0.3 is 0 Å². The van der Waals surface area contributed by atoms with E-state index in [9.17, 15) is 9.59 Å². The Kier molecular flexibility index (Phi) is 5.69. The Labute approximate surface area is 167 Å². The van der Waals surface area contributed by atoms with E-state index >= 15 is 0 Å². The van der Waals surface area contributed by atoms with Crippen molar-refractivity contribution in [3.05, 3.63) is 29.8 Å². The van der Waals surface area contributed by atoms with Gasteiger partial charge in [-0.2, -0.15) is 0 Å². The minimum Gasteiger partial charge on any atom is -0.379 e. The van der Waals surface area contributed by atoms with E-state index in [1.807, 2.05) is 12.1 Å². The van der Waals surface area contributed by atoms with Gasteiger partial charge in [-0.1, -0.05) is 12.8 Å². The second-order valence-electron chi connectivity index (χ2n) is 8.45. The third-order valence-electron chi connectivity index (χ3n) is 6.63. The number of benzene rings is 1. The van der Waals surface area contributed by atoms with Crippen LogP contribution in [0.1, 0.15) is 55.8 Å². The first kappa shape index (κ1) is 19.4. The molecule has 3 aliphatic rings. The average molecular weight is 386 g/mol. The Morgan fingerprint density at radius 2 is 1.75 bits per heavy atom.